The summed E-state index contributed by atoms with van der Waals surface area (Å²) in [4.78, 5) is 39.6. The van der Waals surface area contributed by atoms with Gasteiger partial charge in [-0.2, -0.15) is 0 Å². The number of rotatable bonds is 5. The standard InChI is InChI=1S/C24H27N3O6S/c1-14-4-5-18(13-19(14)26-34(3,31)32)24(30)27-10-8-16(9-11-27)22(28)17-6-7-21-20(12-17)25-23(29)15(2)33-21/h4-7,12-13,15-16,26H,8-11H2,1-3H3,(H,25,29). The van der Waals surface area contributed by atoms with Crippen molar-refractivity contribution >= 4 is 39.0 Å². The summed E-state index contributed by atoms with van der Waals surface area (Å²) in [6, 6.07) is 9.95. The SMILES string of the molecule is Cc1ccc(C(=O)N2CCC(C(=O)c3ccc4c(c3)NC(=O)C(C)O4)CC2)cc1NS(C)(=O)=O. The number of carbonyl (C=O) groups excluding carboxylic acids is 3. The molecule has 1 unspecified atom stereocenters. The van der Waals surface area contributed by atoms with Gasteiger partial charge in [0.25, 0.3) is 11.8 Å². The van der Waals surface area contributed by atoms with Gasteiger partial charge in [0, 0.05) is 30.1 Å². The second-order valence-electron chi connectivity index (χ2n) is 8.79. The van der Waals surface area contributed by atoms with Crippen molar-refractivity contribution < 1.29 is 27.5 Å². The fourth-order valence-electron chi connectivity index (χ4n) is 4.19. The molecule has 1 saturated heterocycles. The Hall–Kier alpha value is -3.40. The maximum absolute atomic E-state index is 13.1. The minimum Gasteiger partial charge on any atom is -0.479 e. The van der Waals surface area contributed by atoms with Crippen molar-refractivity contribution in [1.29, 1.82) is 0 Å². The van der Waals surface area contributed by atoms with E-state index >= 15 is 0 Å². The molecule has 0 aromatic heterocycles. The Morgan fingerprint density at radius 2 is 1.76 bits per heavy atom. The molecule has 2 aliphatic rings. The molecule has 2 heterocycles. The zero-order valence-corrected chi connectivity index (χ0v) is 20.1. The molecular weight excluding hydrogens is 458 g/mol. The van der Waals surface area contributed by atoms with Crippen LogP contribution in [0.3, 0.4) is 0 Å². The summed E-state index contributed by atoms with van der Waals surface area (Å²) < 4.78 is 31.2. The normalized spacial score (nSPS) is 18.5. The minimum atomic E-state index is -3.47. The molecule has 0 aliphatic carbocycles. The van der Waals surface area contributed by atoms with Crippen molar-refractivity contribution in [3.05, 3.63) is 53.1 Å². The lowest BCUT2D eigenvalue weighted by atomic mass is 9.88. The number of ketones is 1. The third-order valence-electron chi connectivity index (χ3n) is 6.13. The van der Waals surface area contributed by atoms with E-state index in [1.807, 2.05) is 0 Å². The van der Waals surface area contributed by atoms with Crippen LogP contribution >= 0.6 is 0 Å². The molecule has 2 aromatic rings. The Morgan fingerprint density at radius 3 is 2.44 bits per heavy atom. The number of nitrogens with one attached hydrogen (secondary N) is 2. The lowest BCUT2D eigenvalue weighted by Crippen LogP contribution is -2.40. The van der Waals surface area contributed by atoms with Crippen molar-refractivity contribution in [3.8, 4) is 5.75 Å². The highest BCUT2D eigenvalue weighted by atomic mass is 32.2. The minimum absolute atomic E-state index is 0.0299. The van der Waals surface area contributed by atoms with Gasteiger partial charge in [0.2, 0.25) is 10.0 Å². The summed E-state index contributed by atoms with van der Waals surface area (Å²) in [5.41, 5.74) is 2.46. The van der Waals surface area contributed by atoms with Crippen LogP contribution in [0.4, 0.5) is 11.4 Å². The van der Waals surface area contributed by atoms with E-state index in [0.717, 1.165) is 6.26 Å². The highest BCUT2D eigenvalue weighted by molar-refractivity contribution is 7.92. The van der Waals surface area contributed by atoms with Gasteiger partial charge in [-0.25, -0.2) is 8.42 Å². The molecule has 1 fully saturated rings. The molecule has 0 bridgehead atoms. The molecule has 1 atom stereocenters. The monoisotopic (exact) mass is 485 g/mol. The summed E-state index contributed by atoms with van der Waals surface area (Å²) in [6.07, 6.45) is 1.51. The predicted octanol–water partition coefficient (Wildman–Crippen LogP) is 2.82. The lowest BCUT2D eigenvalue weighted by molar-refractivity contribution is -0.122. The van der Waals surface area contributed by atoms with Gasteiger partial charge in [-0.05, 0) is 62.6 Å². The number of fused-ring (bicyclic) bond motifs is 1. The van der Waals surface area contributed by atoms with E-state index in [1.165, 1.54) is 0 Å². The molecule has 2 aliphatic heterocycles. The van der Waals surface area contributed by atoms with Crippen molar-refractivity contribution in [1.82, 2.24) is 4.90 Å². The first-order valence-electron chi connectivity index (χ1n) is 11.1. The third-order valence-corrected chi connectivity index (χ3v) is 6.72. The molecule has 0 spiro atoms. The van der Waals surface area contributed by atoms with E-state index < -0.39 is 16.1 Å². The number of hydrogen-bond donors (Lipinski definition) is 2. The first-order chi connectivity index (χ1) is 16.0. The van der Waals surface area contributed by atoms with E-state index in [4.69, 9.17) is 4.74 Å². The maximum atomic E-state index is 13.1. The van der Waals surface area contributed by atoms with E-state index in [2.05, 4.69) is 10.0 Å². The number of ether oxygens (including phenoxy) is 1. The first kappa shape index (κ1) is 23.7. The fourth-order valence-corrected chi connectivity index (χ4v) is 4.81. The highest BCUT2D eigenvalue weighted by Gasteiger charge is 2.30. The topological polar surface area (TPSA) is 122 Å². The fraction of sp³-hybridized carbons (Fsp3) is 0.375. The average Bonchev–Trinajstić information content (AvgIpc) is 2.79. The number of aryl methyl sites for hydroxylation is 1. The number of piperidine rings is 1. The Bertz CT molecular complexity index is 1270. The highest BCUT2D eigenvalue weighted by Crippen LogP contribution is 2.32. The summed E-state index contributed by atoms with van der Waals surface area (Å²) in [5, 5.41) is 2.76. The maximum Gasteiger partial charge on any atom is 0.265 e. The summed E-state index contributed by atoms with van der Waals surface area (Å²) in [7, 11) is -3.47. The molecule has 9 nitrogen and oxygen atoms in total. The second kappa shape index (κ2) is 9.09. The van der Waals surface area contributed by atoms with Crippen LogP contribution in [0.1, 0.15) is 46.0 Å². The molecule has 0 radical (unpaired) electrons. The van der Waals surface area contributed by atoms with Crippen LogP contribution in [0.2, 0.25) is 0 Å². The van der Waals surface area contributed by atoms with Crippen LogP contribution in [0.25, 0.3) is 0 Å². The van der Waals surface area contributed by atoms with Crippen molar-refractivity contribution in [2.75, 3.05) is 29.4 Å². The van der Waals surface area contributed by atoms with Crippen LogP contribution < -0.4 is 14.8 Å². The van der Waals surface area contributed by atoms with Gasteiger partial charge in [0.1, 0.15) is 5.75 Å². The van der Waals surface area contributed by atoms with Crippen LogP contribution in [-0.2, 0) is 14.8 Å². The van der Waals surface area contributed by atoms with E-state index in [-0.39, 0.29) is 23.5 Å². The van der Waals surface area contributed by atoms with Gasteiger partial charge in [0.15, 0.2) is 11.9 Å². The lowest BCUT2D eigenvalue weighted by Gasteiger charge is -2.32. The largest absolute Gasteiger partial charge is 0.479 e. The molecular formula is C24H27N3O6S. The van der Waals surface area contributed by atoms with Gasteiger partial charge in [-0.1, -0.05) is 6.07 Å². The van der Waals surface area contributed by atoms with Crippen molar-refractivity contribution in [2.45, 2.75) is 32.8 Å². The van der Waals surface area contributed by atoms with Gasteiger partial charge in [-0.3, -0.25) is 19.1 Å². The van der Waals surface area contributed by atoms with Crippen molar-refractivity contribution in [2.24, 2.45) is 5.92 Å². The smallest absolute Gasteiger partial charge is 0.265 e. The number of amides is 2. The van der Waals surface area contributed by atoms with Gasteiger partial charge in [0.05, 0.1) is 17.6 Å². The summed E-state index contributed by atoms with van der Waals surface area (Å²) in [5.74, 6) is -0.188. The van der Waals surface area contributed by atoms with Crippen LogP contribution in [0, 0.1) is 12.8 Å². The quantitative estimate of drug-likeness (QED) is 0.628. The number of anilines is 2. The van der Waals surface area contributed by atoms with E-state index in [0.29, 0.717) is 59.7 Å². The summed E-state index contributed by atoms with van der Waals surface area (Å²) >= 11 is 0. The summed E-state index contributed by atoms with van der Waals surface area (Å²) in [6.45, 7) is 4.25. The predicted molar refractivity (Wildman–Crippen MR) is 128 cm³/mol. The average molecular weight is 486 g/mol. The first-order valence-corrected chi connectivity index (χ1v) is 12.9. The molecule has 4 rings (SSSR count). The third kappa shape index (κ3) is 5.06. The second-order valence-corrected chi connectivity index (χ2v) is 10.5. The number of hydrogen-bond acceptors (Lipinski definition) is 6. The number of likely N-dealkylation sites (tertiary alicyclic amines) is 1. The molecule has 2 aromatic carbocycles. The number of carbonyl (C=O) groups is 3. The van der Waals surface area contributed by atoms with E-state index in [9.17, 15) is 22.8 Å². The van der Waals surface area contributed by atoms with Gasteiger partial charge in [-0.15, -0.1) is 0 Å². The van der Waals surface area contributed by atoms with Gasteiger partial charge < -0.3 is 15.0 Å². The Morgan fingerprint density at radius 1 is 1.09 bits per heavy atom. The zero-order chi connectivity index (χ0) is 24.6. The Balaban J connectivity index is 1.41. The Labute approximate surface area is 198 Å². The van der Waals surface area contributed by atoms with E-state index in [1.54, 1.807) is 55.1 Å². The number of sulfonamides is 1. The van der Waals surface area contributed by atoms with Crippen LogP contribution in [0.5, 0.6) is 5.75 Å². The van der Waals surface area contributed by atoms with Crippen LogP contribution in [-0.4, -0.2) is 56.4 Å². The number of benzene rings is 2. The zero-order valence-electron chi connectivity index (χ0n) is 19.3. The van der Waals surface area contributed by atoms with Crippen molar-refractivity contribution in [3.63, 3.8) is 0 Å². The molecule has 34 heavy (non-hydrogen) atoms. The number of Topliss-reactive ketones (excluding diaryl/α,β-unsaturated/α-hetero) is 1. The molecule has 2 N–H and O–H groups in total. The van der Waals surface area contributed by atoms with Gasteiger partial charge >= 0.3 is 0 Å². The molecule has 2 amide bonds. The number of nitrogens with zero attached hydrogens (tertiary/aromatic N) is 1. The Kier molecular flexibility index (Phi) is 6.35. The molecule has 180 valence electrons. The molecule has 0 saturated carbocycles. The van der Waals surface area contributed by atoms with Crippen LogP contribution in [0.15, 0.2) is 36.4 Å². The molecule has 10 heteroatoms.